The molecule has 0 saturated carbocycles. The first-order chi connectivity index (χ1) is 14.2. The van der Waals surface area contributed by atoms with Crippen LogP contribution in [0, 0.1) is 0 Å². The Bertz CT molecular complexity index is 1130. The zero-order valence-corrected chi connectivity index (χ0v) is 16.7. The van der Waals surface area contributed by atoms with Crippen molar-refractivity contribution in [3.05, 3.63) is 78.6 Å². The number of carbonyl (C=O) groups is 1. The minimum absolute atomic E-state index is 0.0625. The van der Waals surface area contributed by atoms with E-state index >= 15 is 0 Å². The van der Waals surface area contributed by atoms with Crippen molar-refractivity contribution in [2.24, 2.45) is 0 Å². The van der Waals surface area contributed by atoms with Crippen LogP contribution in [-0.4, -0.2) is 33.4 Å². The zero-order valence-electron chi connectivity index (χ0n) is 15.9. The third kappa shape index (κ3) is 4.41. The fourth-order valence-corrected chi connectivity index (χ4v) is 3.79. The number of nitrogens with zero attached hydrogens (tertiary/aromatic N) is 3. The van der Waals surface area contributed by atoms with Gasteiger partial charge in [0.1, 0.15) is 10.8 Å². The van der Waals surface area contributed by atoms with E-state index in [-0.39, 0.29) is 11.7 Å². The number of thioether (sulfide) groups is 1. The van der Waals surface area contributed by atoms with Crippen LogP contribution in [0.15, 0.2) is 78.1 Å². The Morgan fingerprint density at radius 1 is 1.14 bits per heavy atom. The summed E-state index contributed by atoms with van der Waals surface area (Å²) in [7, 11) is 1.62. The number of para-hydroxylation sites is 1. The summed E-state index contributed by atoms with van der Waals surface area (Å²) < 4.78 is 7.11. The fourth-order valence-electron chi connectivity index (χ4n) is 2.99. The fraction of sp³-hybridized carbons (Fsp3) is 0.136. The van der Waals surface area contributed by atoms with Crippen LogP contribution in [0.2, 0.25) is 0 Å². The molecule has 2 aromatic heterocycles. The normalized spacial score (nSPS) is 10.8. The van der Waals surface area contributed by atoms with Gasteiger partial charge in [0.2, 0.25) is 5.91 Å². The van der Waals surface area contributed by atoms with Crippen molar-refractivity contribution < 1.29 is 9.53 Å². The molecule has 1 N–H and O–H groups in total. The molecule has 0 aliphatic rings. The largest absolute Gasteiger partial charge is 0.496 e. The van der Waals surface area contributed by atoms with E-state index < -0.39 is 0 Å². The summed E-state index contributed by atoms with van der Waals surface area (Å²) >= 11 is 1.40. The highest BCUT2D eigenvalue weighted by Crippen LogP contribution is 2.25. The van der Waals surface area contributed by atoms with E-state index in [0.29, 0.717) is 6.54 Å². The second-order valence-electron chi connectivity index (χ2n) is 6.34. The van der Waals surface area contributed by atoms with Crippen molar-refractivity contribution in [3.63, 3.8) is 0 Å². The van der Waals surface area contributed by atoms with E-state index in [1.807, 2.05) is 66.9 Å². The lowest BCUT2D eigenvalue weighted by Gasteiger charge is -2.09. The Morgan fingerprint density at radius 2 is 1.93 bits per heavy atom. The first-order valence-corrected chi connectivity index (χ1v) is 10.1. The quantitative estimate of drug-likeness (QED) is 0.475. The van der Waals surface area contributed by atoms with Crippen molar-refractivity contribution in [1.29, 1.82) is 0 Å². The summed E-state index contributed by atoms with van der Waals surface area (Å²) in [6, 6.07) is 19.6. The number of ether oxygens (including phenoxy) is 1. The second-order valence-corrected chi connectivity index (χ2v) is 7.30. The molecule has 7 heteroatoms. The summed E-state index contributed by atoms with van der Waals surface area (Å²) in [5.41, 5.74) is 3.74. The lowest BCUT2D eigenvalue weighted by atomic mass is 10.1. The lowest BCUT2D eigenvalue weighted by Crippen LogP contribution is -2.24. The van der Waals surface area contributed by atoms with Crippen molar-refractivity contribution >= 4 is 23.2 Å². The number of carbonyl (C=O) groups excluding carboxylic acids is 1. The number of hydrogen-bond acceptors (Lipinski definition) is 5. The van der Waals surface area contributed by atoms with E-state index in [9.17, 15) is 4.79 Å². The Kier molecular flexibility index (Phi) is 5.76. The molecule has 0 unspecified atom stereocenters. The van der Waals surface area contributed by atoms with E-state index in [0.717, 1.165) is 33.1 Å². The van der Waals surface area contributed by atoms with E-state index in [1.54, 1.807) is 17.8 Å². The molecule has 4 rings (SSSR count). The Balaban J connectivity index is 1.43. The molecule has 29 heavy (non-hydrogen) atoms. The predicted octanol–water partition coefficient (Wildman–Crippen LogP) is 3.81. The number of methoxy groups -OCH3 is 1. The molecule has 0 radical (unpaired) electrons. The summed E-state index contributed by atoms with van der Waals surface area (Å²) in [6.45, 7) is 0.422. The van der Waals surface area contributed by atoms with Gasteiger partial charge < -0.3 is 10.1 Å². The minimum atomic E-state index is -0.0625. The number of hydrogen-bond donors (Lipinski definition) is 1. The van der Waals surface area contributed by atoms with Crippen LogP contribution in [0.5, 0.6) is 5.75 Å². The molecule has 4 aromatic rings. The van der Waals surface area contributed by atoms with Crippen LogP contribution in [-0.2, 0) is 11.3 Å². The van der Waals surface area contributed by atoms with Gasteiger partial charge in [-0.05, 0) is 12.1 Å². The standard InChI is InChI=1S/C22H20N4O2S/c1-28-20-10-6-5-9-17(20)14-24-21(27)15-29-22-19-13-18(16-7-3-2-4-8-16)25-26(19)12-11-23-22/h2-13H,14-15H2,1H3,(H,24,27). The highest BCUT2D eigenvalue weighted by atomic mass is 32.2. The van der Waals surface area contributed by atoms with E-state index in [2.05, 4.69) is 15.4 Å². The molecule has 6 nitrogen and oxygen atoms in total. The number of fused-ring (bicyclic) bond motifs is 1. The lowest BCUT2D eigenvalue weighted by molar-refractivity contribution is -0.118. The molecular weight excluding hydrogens is 384 g/mol. The molecule has 0 spiro atoms. The van der Waals surface area contributed by atoms with Gasteiger partial charge in [-0.25, -0.2) is 9.50 Å². The van der Waals surface area contributed by atoms with Gasteiger partial charge in [0.25, 0.3) is 0 Å². The minimum Gasteiger partial charge on any atom is -0.496 e. The number of nitrogens with one attached hydrogen (secondary N) is 1. The molecule has 0 bridgehead atoms. The molecule has 0 atom stereocenters. The highest BCUT2D eigenvalue weighted by molar-refractivity contribution is 8.00. The Morgan fingerprint density at radius 3 is 2.76 bits per heavy atom. The number of benzene rings is 2. The van der Waals surface area contributed by atoms with Gasteiger partial charge in [-0.1, -0.05) is 60.3 Å². The van der Waals surface area contributed by atoms with Gasteiger partial charge >= 0.3 is 0 Å². The molecule has 1 amide bonds. The molecule has 0 aliphatic heterocycles. The van der Waals surface area contributed by atoms with E-state index in [4.69, 9.17) is 4.74 Å². The summed E-state index contributed by atoms with van der Waals surface area (Å²) in [6.07, 6.45) is 3.51. The zero-order chi connectivity index (χ0) is 20.1. The molecular formula is C22H20N4O2S. The maximum Gasteiger partial charge on any atom is 0.230 e. The van der Waals surface area contributed by atoms with Crippen LogP contribution >= 0.6 is 11.8 Å². The SMILES string of the molecule is COc1ccccc1CNC(=O)CSc1nccn2nc(-c3ccccc3)cc12. The van der Waals surface area contributed by atoms with Gasteiger partial charge in [0.05, 0.1) is 24.1 Å². The Labute approximate surface area is 172 Å². The molecule has 2 heterocycles. The molecule has 146 valence electrons. The number of rotatable bonds is 7. The first kappa shape index (κ1) is 19.0. The van der Waals surface area contributed by atoms with Gasteiger partial charge in [-0.15, -0.1) is 0 Å². The molecule has 0 aliphatic carbocycles. The Hall–Kier alpha value is -3.32. The summed E-state index contributed by atoms with van der Waals surface area (Å²) in [5.74, 6) is 0.973. The van der Waals surface area contributed by atoms with Gasteiger partial charge in [-0.2, -0.15) is 5.10 Å². The maximum atomic E-state index is 12.3. The number of amides is 1. The average Bonchev–Trinajstić information content (AvgIpc) is 3.22. The highest BCUT2D eigenvalue weighted by Gasteiger charge is 2.12. The second kappa shape index (κ2) is 8.79. The molecule has 0 saturated heterocycles. The number of aromatic nitrogens is 3. The predicted molar refractivity (Wildman–Crippen MR) is 114 cm³/mol. The summed E-state index contributed by atoms with van der Waals surface area (Å²) in [4.78, 5) is 16.8. The van der Waals surface area contributed by atoms with Crippen LogP contribution < -0.4 is 10.1 Å². The smallest absolute Gasteiger partial charge is 0.230 e. The summed E-state index contributed by atoms with van der Waals surface area (Å²) in [5, 5.41) is 8.32. The topological polar surface area (TPSA) is 68.5 Å². The van der Waals surface area contributed by atoms with Crippen molar-refractivity contribution in [2.45, 2.75) is 11.6 Å². The maximum absolute atomic E-state index is 12.3. The monoisotopic (exact) mass is 404 g/mol. The van der Waals surface area contributed by atoms with E-state index in [1.165, 1.54) is 11.8 Å². The van der Waals surface area contributed by atoms with Gasteiger partial charge in [0.15, 0.2) is 0 Å². The average molecular weight is 404 g/mol. The van der Waals surface area contributed by atoms with Crippen molar-refractivity contribution in [3.8, 4) is 17.0 Å². The van der Waals surface area contributed by atoms with Crippen LogP contribution in [0.4, 0.5) is 0 Å². The third-order valence-corrected chi connectivity index (χ3v) is 5.43. The first-order valence-electron chi connectivity index (χ1n) is 9.16. The van der Waals surface area contributed by atoms with Crippen molar-refractivity contribution in [2.75, 3.05) is 12.9 Å². The van der Waals surface area contributed by atoms with Gasteiger partial charge in [0, 0.05) is 30.1 Å². The van der Waals surface area contributed by atoms with Gasteiger partial charge in [-0.3, -0.25) is 4.79 Å². The molecule has 0 fully saturated rings. The van der Waals surface area contributed by atoms with Crippen LogP contribution in [0.3, 0.4) is 0 Å². The third-order valence-electron chi connectivity index (χ3n) is 4.43. The molecule has 2 aromatic carbocycles. The van der Waals surface area contributed by atoms with Crippen LogP contribution in [0.25, 0.3) is 16.8 Å². The van der Waals surface area contributed by atoms with Crippen LogP contribution in [0.1, 0.15) is 5.56 Å². The van der Waals surface area contributed by atoms with Crippen molar-refractivity contribution in [1.82, 2.24) is 19.9 Å².